The fourth-order valence-corrected chi connectivity index (χ4v) is 1.22. The standard InChI is InChI=1S/C9H9N3O6/c1-10(18-2)9(13)6-3-4-7(11(14)15)8(5-6)12(16)17/h3-5H,1-2H3. The van der Waals surface area contributed by atoms with Crippen molar-refractivity contribution in [1.82, 2.24) is 5.06 Å². The van der Waals surface area contributed by atoms with E-state index in [0.29, 0.717) is 0 Å². The van der Waals surface area contributed by atoms with E-state index in [4.69, 9.17) is 0 Å². The van der Waals surface area contributed by atoms with Gasteiger partial charge in [0, 0.05) is 24.7 Å². The van der Waals surface area contributed by atoms with Gasteiger partial charge < -0.3 is 0 Å². The fourth-order valence-electron chi connectivity index (χ4n) is 1.22. The molecular weight excluding hydrogens is 246 g/mol. The van der Waals surface area contributed by atoms with Gasteiger partial charge in [0.25, 0.3) is 5.91 Å². The number of hydrogen-bond acceptors (Lipinski definition) is 6. The van der Waals surface area contributed by atoms with Crippen LogP contribution in [0, 0.1) is 20.2 Å². The Kier molecular flexibility index (Phi) is 3.89. The van der Waals surface area contributed by atoms with Crippen molar-refractivity contribution >= 4 is 17.3 Å². The van der Waals surface area contributed by atoms with E-state index >= 15 is 0 Å². The van der Waals surface area contributed by atoms with Gasteiger partial charge in [-0.2, -0.15) is 0 Å². The minimum Gasteiger partial charge on any atom is -0.274 e. The number of nitrogens with zero attached hydrogens (tertiary/aromatic N) is 3. The minimum atomic E-state index is -0.915. The van der Waals surface area contributed by atoms with Crippen LogP contribution in [0.5, 0.6) is 0 Å². The Labute approximate surface area is 101 Å². The molecule has 18 heavy (non-hydrogen) atoms. The van der Waals surface area contributed by atoms with Gasteiger partial charge in [-0.05, 0) is 6.07 Å². The Hall–Kier alpha value is -2.55. The summed E-state index contributed by atoms with van der Waals surface area (Å²) in [7, 11) is 2.56. The third kappa shape index (κ3) is 2.58. The second-order valence-electron chi connectivity index (χ2n) is 3.20. The summed E-state index contributed by atoms with van der Waals surface area (Å²) in [6.07, 6.45) is 0. The van der Waals surface area contributed by atoms with E-state index in [0.717, 1.165) is 23.3 Å². The molecule has 9 nitrogen and oxygen atoms in total. The molecule has 0 fully saturated rings. The number of amides is 1. The van der Waals surface area contributed by atoms with Crippen molar-refractivity contribution in [3.8, 4) is 0 Å². The summed E-state index contributed by atoms with van der Waals surface area (Å²) in [5.74, 6) is -0.643. The molecule has 0 saturated heterocycles. The molecule has 1 aromatic rings. The molecule has 1 amide bonds. The average Bonchev–Trinajstić information content (AvgIpc) is 2.35. The Bertz CT molecular complexity index is 515. The zero-order valence-corrected chi connectivity index (χ0v) is 9.52. The van der Waals surface area contributed by atoms with Crippen molar-refractivity contribution in [2.75, 3.05) is 14.2 Å². The molecule has 0 N–H and O–H groups in total. The fraction of sp³-hybridized carbons (Fsp3) is 0.222. The van der Waals surface area contributed by atoms with E-state index in [2.05, 4.69) is 4.84 Å². The zero-order valence-electron chi connectivity index (χ0n) is 9.52. The van der Waals surface area contributed by atoms with E-state index in [9.17, 15) is 25.0 Å². The molecule has 0 aliphatic rings. The molecule has 0 aromatic heterocycles. The molecule has 0 atom stereocenters. The second-order valence-corrected chi connectivity index (χ2v) is 3.20. The zero-order chi connectivity index (χ0) is 13.9. The lowest BCUT2D eigenvalue weighted by Gasteiger charge is -2.13. The highest BCUT2D eigenvalue weighted by Crippen LogP contribution is 2.27. The van der Waals surface area contributed by atoms with Crippen LogP contribution in [0.4, 0.5) is 11.4 Å². The van der Waals surface area contributed by atoms with Crippen molar-refractivity contribution in [1.29, 1.82) is 0 Å². The first-order valence-electron chi connectivity index (χ1n) is 4.63. The Morgan fingerprint density at radius 3 is 2.22 bits per heavy atom. The first kappa shape index (κ1) is 13.5. The number of hydrogen-bond donors (Lipinski definition) is 0. The molecule has 0 aliphatic heterocycles. The van der Waals surface area contributed by atoms with Gasteiger partial charge in [0.15, 0.2) is 0 Å². The molecule has 0 aliphatic carbocycles. The number of rotatable bonds is 4. The molecule has 96 valence electrons. The first-order chi connectivity index (χ1) is 8.38. The lowest BCUT2D eigenvalue weighted by Crippen LogP contribution is -2.25. The molecule has 1 aromatic carbocycles. The third-order valence-corrected chi connectivity index (χ3v) is 2.18. The van der Waals surface area contributed by atoms with Gasteiger partial charge in [-0.15, -0.1) is 0 Å². The Balaban J connectivity index is 3.27. The highest BCUT2D eigenvalue weighted by Gasteiger charge is 2.26. The normalized spacial score (nSPS) is 9.89. The molecule has 0 bridgehead atoms. The summed E-state index contributed by atoms with van der Waals surface area (Å²) in [5, 5.41) is 22.1. The lowest BCUT2D eigenvalue weighted by atomic mass is 10.1. The van der Waals surface area contributed by atoms with Crippen LogP contribution in [-0.4, -0.2) is 35.0 Å². The summed E-state index contributed by atoms with van der Waals surface area (Å²) in [6.45, 7) is 0. The van der Waals surface area contributed by atoms with Crippen LogP contribution in [0.2, 0.25) is 0 Å². The summed E-state index contributed by atoms with van der Waals surface area (Å²) < 4.78 is 0. The van der Waals surface area contributed by atoms with Crippen molar-refractivity contribution in [2.45, 2.75) is 0 Å². The van der Waals surface area contributed by atoms with E-state index < -0.39 is 27.1 Å². The average molecular weight is 255 g/mol. The van der Waals surface area contributed by atoms with Gasteiger partial charge in [-0.25, -0.2) is 5.06 Å². The van der Waals surface area contributed by atoms with Gasteiger partial charge in [-0.1, -0.05) is 0 Å². The van der Waals surface area contributed by atoms with Crippen LogP contribution in [0.1, 0.15) is 10.4 Å². The van der Waals surface area contributed by atoms with E-state index in [1.54, 1.807) is 0 Å². The highest BCUT2D eigenvalue weighted by atomic mass is 16.7. The molecule has 0 heterocycles. The SMILES string of the molecule is CON(C)C(=O)c1ccc([N+](=O)[O-])c([N+](=O)[O-])c1. The molecule has 0 saturated carbocycles. The van der Waals surface area contributed by atoms with E-state index in [1.165, 1.54) is 14.2 Å². The Morgan fingerprint density at radius 1 is 1.22 bits per heavy atom. The van der Waals surface area contributed by atoms with Crippen LogP contribution < -0.4 is 0 Å². The van der Waals surface area contributed by atoms with Crippen molar-refractivity contribution in [3.05, 3.63) is 44.0 Å². The monoisotopic (exact) mass is 255 g/mol. The van der Waals surface area contributed by atoms with Crippen LogP contribution in [0.15, 0.2) is 18.2 Å². The van der Waals surface area contributed by atoms with Crippen molar-refractivity contribution in [3.63, 3.8) is 0 Å². The van der Waals surface area contributed by atoms with Gasteiger partial charge in [-0.3, -0.25) is 29.9 Å². The second kappa shape index (κ2) is 5.19. The summed E-state index contributed by atoms with van der Waals surface area (Å²) >= 11 is 0. The largest absolute Gasteiger partial charge is 0.346 e. The number of hydroxylamine groups is 2. The maximum atomic E-state index is 11.6. The molecular formula is C9H9N3O6. The number of benzene rings is 1. The van der Waals surface area contributed by atoms with E-state index in [1.807, 2.05) is 0 Å². The first-order valence-corrected chi connectivity index (χ1v) is 4.63. The number of nitro benzene ring substituents is 2. The van der Waals surface area contributed by atoms with Crippen molar-refractivity contribution in [2.24, 2.45) is 0 Å². The topological polar surface area (TPSA) is 116 Å². The molecule has 9 heteroatoms. The van der Waals surface area contributed by atoms with Gasteiger partial charge >= 0.3 is 11.4 Å². The van der Waals surface area contributed by atoms with Crippen LogP contribution >= 0.6 is 0 Å². The lowest BCUT2D eigenvalue weighted by molar-refractivity contribution is -0.422. The molecule has 1 rings (SSSR count). The third-order valence-electron chi connectivity index (χ3n) is 2.18. The number of carbonyl (C=O) groups is 1. The number of nitro groups is 2. The quantitative estimate of drug-likeness (QED) is 0.588. The molecule has 0 radical (unpaired) electrons. The molecule has 0 unspecified atom stereocenters. The summed E-state index contributed by atoms with van der Waals surface area (Å²) in [6, 6.07) is 2.88. The van der Waals surface area contributed by atoms with Gasteiger partial charge in [0.2, 0.25) is 0 Å². The predicted octanol–water partition coefficient (Wildman–Crippen LogP) is 1.14. The van der Waals surface area contributed by atoms with Gasteiger partial charge in [0.05, 0.1) is 17.0 Å². The maximum Gasteiger partial charge on any atom is 0.346 e. The minimum absolute atomic E-state index is 0.0725. The smallest absolute Gasteiger partial charge is 0.274 e. The van der Waals surface area contributed by atoms with Crippen molar-refractivity contribution < 1.29 is 19.5 Å². The molecule has 0 spiro atoms. The van der Waals surface area contributed by atoms with Crippen LogP contribution in [-0.2, 0) is 4.84 Å². The van der Waals surface area contributed by atoms with Crippen LogP contribution in [0.25, 0.3) is 0 Å². The maximum absolute atomic E-state index is 11.6. The van der Waals surface area contributed by atoms with Gasteiger partial charge in [0.1, 0.15) is 0 Å². The van der Waals surface area contributed by atoms with Crippen LogP contribution in [0.3, 0.4) is 0 Å². The summed E-state index contributed by atoms with van der Waals surface area (Å²) in [5.41, 5.74) is -1.48. The Morgan fingerprint density at radius 2 is 1.78 bits per heavy atom. The highest BCUT2D eigenvalue weighted by molar-refractivity contribution is 5.94. The van der Waals surface area contributed by atoms with E-state index in [-0.39, 0.29) is 5.56 Å². The number of carbonyl (C=O) groups excluding carboxylic acids is 1. The predicted molar refractivity (Wildman–Crippen MR) is 58.9 cm³/mol. The summed E-state index contributed by atoms with van der Waals surface area (Å²) in [4.78, 5) is 35.7.